The van der Waals surface area contributed by atoms with Crippen LogP contribution in [0.3, 0.4) is 0 Å². The van der Waals surface area contributed by atoms with Crippen molar-refractivity contribution in [1.82, 2.24) is 4.31 Å². The summed E-state index contributed by atoms with van der Waals surface area (Å²) >= 11 is 0. The lowest BCUT2D eigenvalue weighted by atomic mass is 10.1. The normalized spacial score (nSPS) is 11.5. The molecule has 0 spiro atoms. The van der Waals surface area contributed by atoms with Gasteiger partial charge in [-0.15, -0.1) is 0 Å². The van der Waals surface area contributed by atoms with Gasteiger partial charge < -0.3 is 4.74 Å². The Bertz CT molecular complexity index is 828. The first-order chi connectivity index (χ1) is 11.9. The maximum atomic E-state index is 12.6. The summed E-state index contributed by atoms with van der Waals surface area (Å²) in [4.78, 5) is 12.5. The van der Waals surface area contributed by atoms with Crippen molar-refractivity contribution in [2.45, 2.75) is 32.3 Å². The number of sulfonamides is 1. The fraction of sp³-hybridized carbons (Fsp3) is 0.316. The van der Waals surface area contributed by atoms with Crippen LogP contribution in [0.4, 0.5) is 0 Å². The Morgan fingerprint density at radius 2 is 1.68 bits per heavy atom. The van der Waals surface area contributed by atoms with Crippen molar-refractivity contribution in [1.29, 1.82) is 0 Å². The van der Waals surface area contributed by atoms with Gasteiger partial charge in [0.25, 0.3) is 0 Å². The van der Waals surface area contributed by atoms with Crippen LogP contribution in [-0.2, 0) is 21.4 Å². The van der Waals surface area contributed by atoms with E-state index < -0.39 is 16.0 Å². The number of carbonyl (C=O) groups excluding carboxylic acids is 1. The van der Waals surface area contributed by atoms with Gasteiger partial charge in [0.2, 0.25) is 10.0 Å². The Morgan fingerprint density at radius 1 is 1.04 bits per heavy atom. The molecular formula is C19H23NO4S. The first-order valence-corrected chi connectivity index (χ1v) is 9.66. The van der Waals surface area contributed by atoms with E-state index in [1.807, 2.05) is 30.3 Å². The third-order valence-electron chi connectivity index (χ3n) is 3.98. The lowest BCUT2D eigenvalue weighted by Gasteiger charge is -2.19. The first kappa shape index (κ1) is 19.1. The molecule has 25 heavy (non-hydrogen) atoms. The number of rotatable bonds is 7. The lowest BCUT2D eigenvalue weighted by Crippen LogP contribution is -2.30. The van der Waals surface area contributed by atoms with Gasteiger partial charge in [-0.1, -0.05) is 50.2 Å². The van der Waals surface area contributed by atoms with Crippen LogP contribution in [0.2, 0.25) is 0 Å². The largest absolute Gasteiger partial charge is 0.457 e. The number of esters is 1. The van der Waals surface area contributed by atoms with Crippen molar-refractivity contribution in [3.8, 4) is 0 Å². The number of benzene rings is 2. The van der Waals surface area contributed by atoms with Crippen LogP contribution in [-0.4, -0.2) is 31.8 Å². The third kappa shape index (κ3) is 4.46. The molecule has 0 radical (unpaired) electrons. The molecule has 2 aromatic carbocycles. The fourth-order valence-corrected chi connectivity index (χ4v) is 3.98. The molecule has 0 heterocycles. The van der Waals surface area contributed by atoms with Crippen LogP contribution < -0.4 is 0 Å². The predicted octanol–water partition coefficient (Wildman–Crippen LogP) is 3.38. The number of aryl methyl sites for hydroxylation is 1. The summed E-state index contributed by atoms with van der Waals surface area (Å²) in [6.07, 6.45) is 0. The summed E-state index contributed by atoms with van der Waals surface area (Å²) in [5, 5.41) is 0. The van der Waals surface area contributed by atoms with Gasteiger partial charge in [-0.2, -0.15) is 4.31 Å². The molecule has 0 aromatic heterocycles. The molecule has 0 amide bonds. The quantitative estimate of drug-likeness (QED) is 0.709. The molecule has 0 N–H and O–H groups in total. The monoisotopic (exact) mass is 361 g/mol. The minimum Gasteiger partial charge on any atom is -0.457 e. The third-order valence-corrected chi connectivity index (χ3v) is 6.03. The van der Waals surface area contributed by atoms with Gasteiger partial charge >= 0.3 is 5.97 Å². The smallest absolute Gasteiger partial charge is 0.338 e. The summed E-state index contributed by atoms with van der Waals surface area (Å²) in [5.74, 6) is -0.530. The van der Waals surface area contributed by atoms with E-state index in [0.29, 0.717) is 18.7 Å². The molecule has 0 fully saturated rings. The zero-order chi connectivity index (χ0) is 18.4. The maximum absolute atomic E-state index is 12.6. The van der Waals surface area contributed by atoms with Gasteiger partial charge in [0.05, 0.1) is 10.5 Å². The molecule has 0 saturated heterocycles. The topological polar surface area (TPSA) is 63.7 Å². The molecule has 6 heteroatoms. The molecule has 0 aliphatic rings. The summed E-state index contributed by atoms with van der Waals surface area (Å²) in [7, 11) is -3.62. The van der Waals surface area contributed by atoms with Crippen LogP contribution in [0.5, 0.6) is 0 Å². The highest BCUT2D eigenvalue weighted by atomic mass is 32.2. The number of nitrogens with zero attached hydrogens (tertiary/aromatic N) is 1. The van der Waals surface area contributed by atoms with Crippen molar-refractivity contribution in [3.05, 3.63) is 65.2 Å². The highest BCUT2D eigenvalue weighted by Crippen LogP contribution is 2.20. The van der Waals surface area contributed by atoms with Gasteiger partial charge in [-0.25, -0.2) is 13.2 Å². The van der Waals surface area contributed by atoms with E-state index in [-0.39, 0.29) is 17.1 Å². The minimum atomic E-state index is -3.62. The van der Waals surface area contributed by atoms with Crippen molar-refractivity contribution >= 4 is 16.0 Å². The standard InChI is InChI=1S/C19H23NO4S/c1-4-20(5-2)25(22,23)17-12-11-15(3)18(13-17)19(21)24-14-16-9-7-6-8-10-16/h6-13H,4-5,14H2,1-3H3. The molecule has 2 rings (SSSR count). The van der Waals surface area contributed by atoms with Crippen LogP contribution in [0.1, 0.15) is 35.3 Å². The Balaban J connectivity index is 2.25. The lowest BCUT2D eigenvalue weighted by molar-refractivity contribution is 0.0471. The Kier molecular flexibility index (Phi) is 6.33. The van der Waals surface area contributed by atoms with E-state index >= 15 is 0 Å². The molecule has 0 unspecified atom stereocenters. The van der Waals surface area contributed by atoms with Crippen LogP contribution in [0, 0.1) is 6.92 Å². The maximum Gasteiger partial charge on any atom is 0.338 e. The van der Waals surface area contributed by atoms with E-state index in [4.69, 9.17) is 4.74 Å². The minimum absolute atomic E-state index is 0.105. The highest BCUT2D eigenvalue weighted by Gasteiger charge is 2.23. The van der Waals surface area contributed by atoms with E-state index in [9.17, 15) is 13.2 Å². The van der Waals surface area contributed by atoms with Crippen LogP contribution in [0.25, 0.3) is 0 Å². The van der Waals surface area contributed by atoms with Crippen LogP contribution in [0.15, 0.2) is 53.4 Å². The van der Waals surface area contributed by atoms with Gasteiger partial charge in [0.15, 0.2) is 0 Å². The van der Waals surface area contributed by atoms with E-state index in [1.54, 1.807) is 26.8 Å². The second-order valence-corrected chi connectivity index (χ2v) is 7.57. The van der Waals surface area contributed by atoms with Gasteiger partial charge in [0.1, 0.15) is 6.61 Å². The molecule has 0 saturated carbocycles. The summed E-state index contributed by atoms with van der Waals surface area (Å²) in [6, 6.07) is 13.9. The van der Waals surface area contributed by atoms with E-state index in [2.05, 4.69) is 0 Å². The predicted molar refractivity (Wildman–Crippen MR) is 96.8 cm³/mol. The Morgan fingerprint density at radius 3 is 2.28 bits per heavy atom. The number of hydrogen-bond donors (Lipinski definition) is 0. The van der Waals surface area contributed by atoms with Crippen LogP contribution >= 0.6 is 0 Å². The second kappa shape index (κ2) is 8.27. The summed E-state index contributed by atoms with van der Waals surface area (Å²) in [6.45, 7) is 6.22. The molecule has 5 nitrogen and oxygen atoms in total. The zero-order valence-electron chi connectivity index (χ0n) is 14.7. The zero-order valence-corrected chi connectivity index (χ0v) is 15.5. The Hall–Kier alpha value is -2.18. The SMILES string of the molecule is CCN(CC)S(=O)(=O)c1ccc(C)c(C(=O)OCc2ccccc2)c1. The van der Waals surface area contributed by atoms with Crippen molar-refractivity contribution in [2.75, 3.05) is 13.1 Å². The molecule has 134 valence electrons. The number of carbonyl (C=O) groups is 1. The average Bonchev–Trinajstić information content (AvgIpc) is 2.61. The Labute approximate surface area is 149 Å². The number of ether oxygens (including phenoxy) is 1. The second-order valence-electron chi connectivity index (χ2n) is 5.63. The van der Waals surface area contributed by atoms with Crippen molar-refractivity contribution < 1.29 is 17.9 Å². The molecule has 0 bridgehead atoms. The van der Waals surface area contributed by atoms with Gasteiger partial charge in [-0.3, -0.25) is 0 Å². The van der Waals surface area contributed by atoms with Crippen molar-refractivity contribution in [2.24, 2.45) is 0 Å². The fourth-order valence-electron chi connectivity index (χ4n) is 2.49. The van der Waals surface area contributed by atoms with Crippen molar-refractivity contribution in [3.63, 3.8) is 0 Å². The van der Waals surface area contributed by atoms with Gasteiger partial charge in [-0.05, 0) is 30.2 Å². The first-order valence-electron chi connectivity index (χ1n) is 8.22. The summed E-state index contributed by atoms with van der Waals surface area (Å²) in [5.41, 5.74) is 1.82. The highest BCUT2D eigenvalue weighted by molar-refractivity contribution is 7.89. The molecule has 0 aliphatic carbocycles. The average molecular weight is 361 g/mol. The summed E-state index contributed by atoms with van der Waals surface area (Å²) < 4.78 is 32.0. The molecular weight excluding hydrogens is 338 g/mol. The van der Waals surface area contributed by atoms with E-state index in [0.717, 1.165) is 5.56 Å². The van der Waals surface area contributed by atoms with Gasteiger partial charge in [0, 0.05) is 13.1 Å². The molecule has 0 aliphatic heterocycles. The molecule has 0 atom stereocenters. The molecule has 2 aromatic rings. The number of hydrogen-bond acceptors (Lipinski definition) is 4. The van der Waals surface area contributed by atoms with E-state index in [1.165, 1.54) is 16.4 Å².